The Hall–Kier alpha value is -3.09. The van der Waals surface area contributed by atoms with E-state index in [0.717, 1.165) is 0 Å². The summed E-state index contributed by atoms with van der Waals surface area (Å²) in [6.45, 7) is 1.62. The quantitative estimate of drug-likeness (QED) is 0.674. The Labute approximate surface area is 137 Å². The number of carbonyl (C=O) groups is 1. The lowest BCUT2D eigenvalue weighted by Crippen LogP contribution is -2.13. The maximum Gasteiger partial charge on any atom is 0.204 e. The van der Waals surface area contributed by atoms with E-state index in [0.29, 0.717) is 28.3 Å². The van der Waals surface area contributed by atoms with E-state index in [4.69, 9.17) is 4.74 Å². The second kappa shape index (κ2) is 6.57. The molecule has 0 N–H and O–H groups in total. The minimum atomic E-state index is -0.292. The molecule has 0 bridgehead atoms. The molecule has 0 unspecified atom stereocenters. The molecule has 0 atom stereocenters. The van der Waals surface area contributed by atoms with Crippen LogP contribution in [0, 0.1) is 12.7 Å². The standard InChI is InChI=1S/C17H15FN4O2/c1-11-8-13(6-7-15(11)18)17-19-21-22(20-17)10-16(23)12-4-3-5-14(9-12)24-2/h3-9H,10H2,1-2H3. The molecule has 0 radical (unpaired) electrons. The fraction of sp³-hybridized carbons (Fsp3) is 0.176. The third-order valence-corrected chi connectivity index (χ3v) is 3.55. The number of aromatic nitrogens is 4. The Bertz CT molecular complexity index is 892. The van der Waals surface area contributed by atoms with Gasteiger partial charge in [-0.1, -0.05) is 12.1 Å². The van der Waals surface area contributed by atoms with E-state index >= 15 is 0 Å². The number of rotatable bonds is 5. The molecule has 3 rings (SSSR count). The summed E-state index contributed by atoms with van der Waals surface area (Å²) in [6, 6.07) is 11.4. The van der Waals surface area contributed by atoms with Crippen molar-refractivity contribution in [3.05, 3.63) is 59.4 Å². The summed E-state index contributed by atoms with van der Waals surface area (Å²) in [5, 5.41) is 12.0. The number of benzene rings is 2. The highest BCUT2D eigenvalue weighted by molar-refractivity contribution is 5.96. The van der Waals surface area contributed by atoms with E-state index in [2.05, 4.69) is 15.4 Å². The van der Waals surface area contributed by atoms with Crippen LogP contribution in [0.5, 0.6) is 5.75 Å². The normalized spacial score (nSPS) is 10.6. The Balaban J connectivity index is 1.78. The second-order valence-corrected chi connectivity index (χ2v) is 5.26. The first kappa shape index (κ1) is 15.8. The third kappa shape index (κ3) is 3.29. The molecule has 0 saturated heterocycles. The maximum absolute atomic E-state index is 13.3. The van der Waals surface area contributed by atoms with E-state index in [1.54, 1.807) is 50.4 Å². The minimum Gasteiger partial charge on any atom is -0.497 e. The van der Waals surface area contributed by atoms with Crippen LogP contribution < -0.4 is 4.74 Å². The van der Waals surface area contributed by atoms with E-state index in [9.17, 15) is 9.18 Å². The van der Waals surface area contributed by atoms with Gasteiger partial charge in [0.1, 0.15) is 18.1 Å². The number of ether oxygens (including phenoxy) is 1. The van der Waals surface area contributed by atoms with E-state index < -0.39 is 0 Å². The molecular formula is C17H15FN4O2. The Morgan fingerprint density at radius 1 is 1.25 bits per heavy atom. The molecular weight excluding hydrogens is 311 g/mol. The number of ketones is 1. The van der Waals surface area contributed by atoms with Gasteiger partial charge in [-0.25, -0.2) is 4.39 Å². The van der Waals surface area contributed by atoms with Gasteiger partial charge < -0.3 is 4.74 Å². The van der Waals surface area contributed by atoms with Gasteiger partial charge in [0.25, 0.3) is 0 Å². The number of hydrogen-bond acceptors (Lipinski definition) is 5. The van der Waals surface area contributed by atoms with Gasteiger partial charge in [0.15, 0.2) is 5.78 Å². The van der Waals surface area contributed by atoms with Crippen molar-refractivity contribution in [2.24, 2.45) is 0 Å². The molecule has 0 spiro atoms. The van der Waals surface area contributed by atoms with Crippen molar-refractivity contribution in [2.45, 2.75) is 13.5 Å². The van der Waals surface area contributed by atoms with Crippen LogP contribution in [0.4, 0.5) is 4.39 Å². The van der Waals surface area contributed by atoms with Gasteiger partial charge in [0.05, 0.1) is 7.11 Å². The molecule has 3 aromatic rings. The summed E-state index contributed by atoms with van der Waals surface area (Å²) in [5.41, 5.74) is 1.65. The van der Waals surface area contributed by atoms with Crippen molar-refractivity contribution in [3.63, 3.8) is 0 Å². The number of methoxy groups -OCH3 is 1. The van der Waals surface area contributed by atoms with Crippen LogP contribution in [-0.2, 0) is 6.54 Å². The molecule has 122 valence electrons. The van der Waals surface area contributed by atoms with Gasteiger partial charge >= 0.3 is 0 Å². The number of aryl methyl sites for hydroxylation is 1. The van der Waals surface area contributed by atoms with Crippen molar-refractivity contribution in [3.8, 4) is 17.1 Å². The van der Waals surface area contributed by atoms with Crippen LogP contribution in [0.3, 0.4) is 0 Å². The van der Waals surface area contributed by atoms with Crippen molar-refractivity contribution in [1.29, 1.82) is 0 Å². The van der Waals surface area contributed by atoms with Crippen molar-refractivity contribution < 1.29 is 13.9 Å². The number of hydrogen-bond donors (Lipinski definition) is 0. The van der Waals surface area contributed by atoms with Crippen LogP contribution in [0.15, 0.2) is 42.5 Å². The lowest BCUT2D eigenvalue weighted by Gasteiger charge is -2.03. The lowest BCUT2D eigenvalue weighted by atomic mass is 10.1. The smallest absolute Gasteiger partial charge is 0.204 e. The second-order valence-electron chi connectivity index (χ2n) is 5.26. The molecule has 24 heavy (non-hydrogen) atoms. The Kier molecular flexibility index (Phi) is 4.33. The number of halogens is 1. The number of tetrazole rings is 1. The minimum absolute atomic E-state index is 0.0413. The fourth-order valence-corrected chi connectivity index (χ4v) is 2.23. The molecule has 6 nitrogen and oxygen atoms in total. The first-order chi connectivity index (χ1) is 11.6. The lowest BCUT2D eigenvalue weighted by molar-refractivity contribution is 0.0961. The molecule has 0 aliphatic carbocycles. The van der Waals surface area contributed by atoms with Crippen molar-refractivity contribution in [1.82, 2.24) is 20.2 Å². The maximum atomic E-state index is 13.3. The highest BCUT2D eigenvalue weighted by atomic mass is 19.1. The van der Waals surface area contributed by atoms with Crippen LogP contribution in [-0.4, -0.2) is 33.1 Å². The topological polar surface area (TPSA) is 69.9 Å². The molecule has 0 saturated carbocycles. The monoisotopic (exact) mass is 326 g/mol. The van der Waals surface area contributed by atoms with E-state index in [-0.39, 0.29) is 18.1 Å². The first-order valence-electron chi connectivity index (χ1n) is 7.28. The van der Waals surface area contributed by atoms with Gasteiger partial charge in [-0.3, -0.25) is 4.79 Å². The molecule has 1 heterocycles. The van der Waals surface area contributed by atoms with Crippen LogP contribution >= 0.6 is 0 Å². The van der Waals surface area contributed by atoms with Gasteiger partial charge in [-0.15, -0.1) is 10.2 Å². The van der Waals surface area contributed by atoms with Crippen molar-refractivity contribution >= 4 is 5.78 Å². The SMILES string of the molecule is COc1cccc(C(=O)Cn2nnc(-c3ccc(F)c(C)c3)n2)c1. The van der Waals surface area contributed by atoms with Crippen LogP contribution in [0.25, 0.3) is 11.4 Å². The van der Waals surface area contributed by atoms with Gasteiger partial charge in [0.2, 0.25) is 5.82 Å². The average Bonchev–Trinajstić information content (AvgIpc) is 3.06. The van der Waals surface area contributed by atoms with Gasteiger partial charge in [0, 0.05) is 11.1 Å². The summed E-state index contributed by atoms with van der Waals surface area (Å²) < 4.78 is 18.4. The fourth-order valence-electron chi connectivity index (χ4n) is 2.23. The zero-order valence-corrected chi connectivity index (χ0v) is 13.2. The summed E-state index contributed by atoms with van der Waals surface area (Å²) in [6.07, 6.45) is 0. The van der Waals surface area contributed by atoms with Crippen LogP contribution in [0.2, 0.25) is 0 Å². The molecule has 0 aliphatic rings. The third-order valence-electron chi connectivity index (χ3n) is 3.55. The largest absolute Gasteiger partial charge is 0.497 e. The number of Topliss-reactive ketones (excluding diaryl/α,β-unsaturated/α-hetero) is 1. The van der Waals surface area contributed by atoms with Crippen molar-refractivity contribution in [2.75, 3.05) is 7.11 Å². The zero-order valence-electron chi connectivity index (χ0n) is 13.2. The van der Waals surface area contributed by atoms with Gasteiger partial charge in [-0.05, 0) is 48.0 Å². The molecule has 1 aromatic heterocycles. The summed E-state index contributed by atoms with van der Waals surface area (Å²) in [7, 11) is 1.54. The van der Waals surface area contributed by atoms with E-state index in [1.807, 2.05) is 0 Å². The van der Waals surface area contributed by atoms with E-state index in [1.165, 1.54) is 10.9 Å². The highest BCUT2D eigenvalue weighted by Crippen LogP contribution is 2.18. The van der Waals surface area contributed by atoms with Gasteiger partial charge in [-0.2, -0.15) is 4.80 Å². The molecule has 0 aliphatic heterocycles. The number of carbonyl (C=O) groups excluding carboxylic acids is 1. The molecule has 7 heteroatoms. The average molecular weight is 326 g/mol. The Morgan fingerprint density at radius 3 is 2.83 bits per heavy atom. The number of nitrogens with zero attached hydrogens (tertiary/aromatic N) is 4. The zero-order chi connectivity index (χ0) is 17.1. The first-order valence-corrected chi connectivity index (χ1v) is 7.28. The van der Waals surface area contributed by atoms with Crippen LogP contribution in [0.1, 0.15) is 15.9 Å². The highest BCUT2D eigenvalue weighted by Gasteiger charge is 2.12. The summed E-state index contributed by atoms with van der Waals surface area (Å²) in [4.78, 5) is 13.5. The summed E-state index contributed by atoms with van der Waals surface area (Å²) >= 11 is 0. The molecule has 0 fully saturated rings. The predicted octanol–water partition coefficient (Wildman–Crippen LogP) is 2.68. The molecule has 2 aromatic carbocycles. The Morgan fingerprint density at radius 2 is 2.08 bits per heavy atom. The molecule has 0 amide bonds. The summed E-state index contributed by atoms with van der Waals surface area (Å²) in [5.74, 6) is 0.499. The predicted molar refractivity (Wildman–Crippen MR) is 85.3 cm³/mol.